The smallest absolute Gasteiger partial charge is 0.253 e. The summed E-state index contributed by atoms with van der Waals surface area (Å²) in [7, 11) is 0. The fourth-order valence-electron chi connectivity index (χ4n) is 4.58. The predicted molar refractivity (Wildman–Crippen MR) is 138 cm³/mol. The summed E-state index contributed by atoms with van der Waals surface area (Å²) < 4.78 is 15.5. The van der Waals surface area contributed by atoms with Gasteiger partial charge in [-0.3, -0.25) is 19.4 Å². The standard InChI is InChI=1S/C29H30FN5O/c30-25-8-4-7-23(19-25)28-10-9-24(20-31-28)29(36)32-26-12-15-34(16-13-26)21-27-14-18-35(33-27)17-11-22-5-2-1-3-6-22/h1-10,14,18-20,26H,11-13,15-17,21H2,(H,32,36). The van der Waals surface area contributed by atoms with E-state index in [0.29, 0.717) is 16.8 Å². The summed E-state index contributed by atoms with van der Waals surface area (Å²) in [6.07, 6.45) is 6.37. The van der Waals surface area contributed by atoms with Crippen molar-refractivity contribution in [2.75, 3.05) is 13.1 Å². The van der Waals surface area contributed by atoms with E-state index in [-0.39, 0.29) is 17.8 Å². The van der Waals surface area contributed by atoms with Gasteiger partial charge >= 0.3 is 0 Å². The van der Waals surface area contributed by atoms with E-state index >= 15 is 0 Å². The van der Waals surface area contributed by atoms with E-state index in [9.17, 15) is 9.18 Å². The van der Waals surface area contributed by atoms with Crippen LogP contribution in [0.15, 0.2) is 85.2 Å². The summed E-state index contributed by atoms with van der Waals surface area (Å²) in [6, 6.07) is 22.5. The van der Waals surface area contributed by atoms with Gasteiger partial charge in [0.2, 0.25) is 0 Å². The van der Waals surface area contributed by atoms with Gasteiger partial charge in [0.15, 0.2) is 0 Å². The fraction of sp³-hybridized carbons (Fsp3) is 0.276. The molecule has 1 N–H and O–H groups in total. The van der Waals surface area contributed by atoms with E-state index in [1.54, 1.807) is 30.5 Å². The van der Waals surface area contributed by atoms with Crippen LogP contribution in [0.5, 0.6) is 0 Å². The van der Waals surface area contributed by atoms with Crippen molar-refractivity contribution in [1.82, 2.24) is 25.0 Å². The number of nitrogens with zero attached hydrogens (tertiary/aromatic N) is 4. The Balaban J connectivity index is 1.07. The van der Waals surface area contributed by atoms with E-state index in [2.05, 4.69) is 51.7 Å². The highest BCUT2D eigenvalue weighted by Gasteiger charge is 2.22. The maximum Gasteiger partial charge on any atom is 0.253 e. The van der Waals surface area contributed by atoms with E-state index < -0.39 is 0 Å². The van der Waals surface area contributed by atoms with Gasteiger partial charge < -0.3 is 5.32 Å². The van der Waals surface area contributed by atoms with Crippen molar-refractivity contribution >= 4 is 5.91 Å². The predicted octanol–water partition coefficient (Wildman–Crippen LogP) is 4.72. The summed E-state index contributed by atoms with van der Waals surface area (Å²) in [5, 5.41) is 7.88. The van der Waals surface area contributed by atoms with E-state index in [1.165, 1.54) is 17.7 Å². The Morgan fingerprint density at radius 1 is 1.00 bits per heavy atom. The van der Waals surface area contributed by atoms with Gasteiger partial charge in [-0.15, -0.1) is 0 Å². The Kier molecular flexibility index (Phi) is 7.47. The van der Waals surface area contributed by atoms with Crippen LogP contribution in [0.25, 0.3) is 11.3 Å². The van der Waals surface area contributed by atoms with Crippen LogP contribution < -0.4 is 5.32 Å². The van der Waals surface area contributed by atoms with Crippen LogP contribution in [0.1, 0.15) is 34.5 Å². The average molecular weight is 484 g/mol. The Labute approximate surface area is 210 Å². The van der Waals surface area contributed by atoms with Crippen molar-refractivity contribution in [3.63, 3.8) is 0 Å². The zero-order chi connectivity index (χ0) is 24.7. The number of likely N-dealkylation sites (tertiary alicyclic amines) is 1. The first-order chi connectivity index (χ1) is 17.6. The molecule has 7 heteroatoms. The van der Waals surface area contributed by atoms with Gasteiger partial charge in [0.05, 0.1) is 17.0 Å². The minimum atomic E-state index is -0.307. The third-order valence-corrected chi connectivity index (χ3v) is 6.62. The van der Waals surface area contributed by atoms with E-state index in [4.69, 9.17) is 5.10 Å². The number of amides is 1. The lowest BCUT2D eigenvalue weighted by molar-refractivity contribution is 0.0908. The van der Waals surface area contributed by atoms with Gasteiger partial charge in [-0.25, -0.2) is 4.39 Å². The molecule has 5 rings (SSSR count). The number of halogens is 1. The van der Waals surface area contributed by atoms with Crippen molar-refractivity contribution in [2.24, 2.45) is 0 Å². The number of benzene rings is 2. The third kappa shape index (κ3) is 6.23. The van der Waals surface area contributed by atoms with Gasteiger partial charge in [0.1, 0.15) is 5.82 Å². The number of pyridine rings is 1. The molecule has 0 unspecified atom stereocenters. The van der Waals surface area contributed by atoms with Crippen LogP contribution in [-0.4, -0.2) is 44.7 Å². The third-order valence-electron chi connectivity index (χ3n) is 6.62. The molecule has 184 valence electrons. The largest absolute Gasteiger partial charge is 0.349 e. The molecule has 1 fully saturated rings. The molecule has 0 aliphatic carbocycles. The highest BCUT2D eigenvalue weighted by Crippen LogP contribution is 2.19. The molecule has 1 aliphatic heterocycles. The molecule has 0 atom stereocenters. The first-order valence-corrected chi connectivity index (χ1v) is 12.4. The average Bonchev–Trinajstić information content (AvgIpc) is 3.36. The van der Waals surface area contributed by atoms with Crippen LogP contribution in [0, 0.1) is 5.82 Å². The van der Waals surface area contributed by atoms with Crippen molar-refractivity contribution < 1.29 is 9.18 Å². The minimum Gasteiger partial charge on any atom is -0.349 e. The fourth-order valence-corrected chi connectivity index (χ4v) is 4.58. The first kappa shape index (κ1) is 23.9. The zero-order valence-corrected chi connectivity index (χ0v) is 20.2. The highest BCUT2D eigenvalue weighted by molar-refractivity contribution is 5.94. The Morgan fingerprint density at radius 2 is 1.83 bits per heavy atom. The maximum atomic E-state index is 13.5. The summed E-state index contributed by atoms with van der Waals surface area (Å²) in [4.78, 5) is 19.5. The van der Waals surface area contributed by atoms with Gasteiger partial charge in [-0.2, -0.15) is 5.10 Å². The summed E-state index contributed by atoms with van der Waals surface area (Å²) in [6.45, 7) is 3.53. The second-order valence-corrected chi connectivity index (χ2v) is 9.27. The van der Waals surface area contributed by atoms with Gasteiger partial charge in [0, 0.05) is 50.2 Å². The number of hydrogen-bond donors (Lipinski definition) is 1. The van der Waals surface area contributed by atoms with Crippen molar-refractivity contribution in [2.45, 2.75) is 38.4 Å². The normalized spacial score (nSPS) is 14.6. The number of rotatable bonds is 8. The number of piperidine rings is 1. The molecule has 3 heterocycles. The molecular formula is C29H30FN5O. The van der Waals surface area contributed by atoms with Crippen LogP contribution in [0.2, 0.25) is 0 Å². The molecule has 2 aromatic heterocycles. The number of carbonyl (C=O) groups excluding carboxylic acids is 1. The number of nitrogens with one attached hydrogen (secondary N) is 1. The van der Waals surface area contributed by atoms with E-state index in [1.807, 2.05) is 10.7 Å². The van der Waals surface area contributed by atoms with Gasteiger partial charge in [0.25, 0.3) is 5.91 Å². The Hall–Kier alpha value is -3.84. The lowest BCUT2D eigenvalue weighted by Gasteiger charge is -2.31. The topological polar surface area (TPSA) is 63.1 Å². The molecule has 1 saturated heterocycles. The van der Waals surface area contributed by atoms with Crippen LogP contribution in [0.3, 0.4) is 0 Å². The van der Waals surface area contributed by atoms with Crippen molar-refractivity contribution in [3.05, 3.63) is 108 Å². The van der Waals surface area contributed by atoms with Crippen LogP contribution in [-0.2, 0) is 19.5 Å². The lowest BCUT2D eigenvalue weighted by Crippen LogP contribution is -2.44. The molecule has 6 nitrogen and oxygen atoms in total. The van der Waals surface area contributed by atoms with Gasteiger partial charge in [-0.05, 0) is 55.2 Å². The minimum absolute atomic E-state index is 0.121. The van der Waals surface area contributed by atoms with Gasteiger partial charge in [-0.1, -0.05) is 42.5 Å². The first-order valence-electron chi connectivity index (χ1n) is 12.4. The van der Waals surface area contributed by atoms with Crippen LogP contribution in [0.4, 0.5) is 4.39 Å². The Morgan fingerprint density at radius 3 is 2.58 bits per heavy atom. The van der Waals surface area contributed by atoms with E-state index in [0.717, 1.165) is 51.1 Å². The number of aryl methyl sites for hydroxylation is 2. The summed E-state index contributed by atoms with van der Waals surface area (Å²) in [5.41, 5.74) is 4.24. The lowest BCUT2D eigenvalue weighted by atomic mass is 10.0. The molecule has 0 saturated carbocycles. The second-order valence-electron chi connectivity index (χ2n) is 9.27. The molecule has 36 heavy (non-hydrogen) atoms. The molecule has 4 aromatic rings. The molecule has 2 aromatic carbocycles. The SMILES string of the molecule is O=C(NC1CCN(Cc2ccn(CCc3ccccc3)n2)CC1)c1ccc(-c2cccc(F)c2)nc1. The second kappa shape index (κ2) is 11.3. The molecule has 0 spiro atoms. The van der Waals surface area contributed by atoms with Crippen LogP contribution >= 0.6 is 0 Å². The zero-order valence-electron chi connectivity index (χ0n) is 20.2. The molecule has 1 aliphatic rings. The summed E-state index contributed by atoms with van der Waals surface area (Å²) >= 11 is 0. The highest BCUT2D eigenvalue weighted by atomic mass is 19.1. The number of aromatic nitrogens is 3. The molecule has 0 bridgehead atoms. The Bertz CT molecular complexity index is 1280. The molecular weight excluding hydrogens is 453 g/mol. The molecule has 1 amide bonds. The van der Waals surface area contributed by atoms with Crippen molar-refractivity contribution in [3.8, 4) is 11.3 Å². The maximum absolute atomic E-state index is 13.5. The quantitative estimate of drug-likeness (QED) is 0.394. The number of carbonyl (C=O) groups is 1. The number of hydrogen-bond acceptors (Lipinski definition) is 4. The summed E-state index contributed by atoms with van der Waals surface area (Å²) in [5.74, 6) is -0.428. The monoisotopic (exact) mass is 483 g/mol. The molecule has 0 radical (unpaired) electrons. The van der Waals surface area contributed by atoms with Crippen molar-refractivity contribution in [1.29, 1.82) is 0 Å².